The van der Waals surface area contributed by atoms with Crippen LogP contribution in [0.15, 0.2) is 66.7 Å². The lowest BCUT2D eigenvalue weighted by Crippen LogP contribution is -2.60. The third kappa shape index (κ3) is 4.31. The summed E-state index contributed by atoms with van der Waals surface area (Å²) in [6.45, 7) is 0. The van der Waals surface area contributed by atoms with Gasteiger partial charge in [0.25, 0.3) is 0 Å². The highest BCUT2D eigenvalue weighted by atomic mass is 19.4. The van der Waals surface area contributed by atoms with Crippen molar-refractivity contribution in [3.05, 3.63) is 78.1 Å². The molecule has 0 spiro atoms. The summed E-state index contributed by atoms with van der Waals surface area (Å²) in [5, 5.41) is 18.9. The van der Waals surface area contributed by atoms with Crippen molar-refractivity contribution in [1.29, 1.82) is 0 Å². The van der Waals surface area contributed by atoms with Gasteiger partial charge in [-0.3, -0.25) is 4.40 Å². The van der Waals surface area contributed by atoms with E-state index in [9.17, 15) is 18.3 Å². The van der Waals surface area contributed by atoms with Gasteiger partial charge in [0, 0.05) is 23.1 Å². The fourth-order valence-corrected chi connectivity index (χ4v) is 6.07. The Labute approximate surface area is 227 Å². The Bertz CT molecular complexity index is 1720. The van der Waals surface area contributed by atoms with E-state index in [0.29, 0.717) is 47.0 Å². The minimum Gasteiger partial charge on any atom is -0.389 e. The molecule has 0 bridgehead atoms. The first-order valence-corrected chi connectivity index (χ1v) is 13.4. The zero-order valence-corrected chi connectivity index (χ0v) is 21.6. The van der Waals surface area contributed by atoms with Gasteiger partial charge in [0.05, 0.1) is 23.4 Å². The number of hydrogen-bond acceptors (Lipinski definition) is 6. The maximum atomic E-state index is 13.0. The molecule has 2 aliphatic carbocycles. The van der Waals surface area contributed by atoms with E-state index in [-0.39, 0.29) is 12.2 Å². The molecule has 2 aliphatic rings. The molecule has 3 heterocycles. The van der Waals surface area contributed by atoms with E-state index in [4.69, 9.17) is 15.7 Å². The largest absolute Gasteiger partial charge is 0.389 e. The fraction of sp³-hybridized carbons (Fsp3) is 0.333. The second kappa shape index (κ2) is 8.81. The first-order valence-electron chi connectivity index (χ1n) is 13.4. The molecule has 0 unspecified atom stereocenters. The number of halogens is 3. The van der Waals surface area contributed by atoms with Crippen LogP contribution in [0.3, 0.4) is 0 Å². The zero-order chi connectivity index (χ0) is 27.7. The van der Waals surface area contributed by atoms with Gasteiger partial charge < -0.3 is 10.8 Å². The van der Waals surface area contributed by atoms with Crippen LogP contribution in [0.4, 0.5) is 13.2 Å². The standard InChI is InChI=1S/C30H27F3N6O/c31-30(32,33)15-14-24-38-37-23-13-12-22-27(39(23)24)36-26(18-4-2-1-3-5-18)25(35-22)19-6-8-20(9-7-19)28(34)16-29(40,17-28)21-10-11-21/h1-9,12-13,21,40H,10-11,14-17,34H2/t28-,29-. The van der Waals surface area contributed by atoms with Gasteiger partial charge in [-0.05, 0) is 49.3 Å². The number of alkyl halides is 3. The number of nitrogens with zero attached hydrogens (tertiary/aromatic N) is 5. The van der Waals surface area contributed by atoms with Crippen LogP contribution < -0.4 is 5.73 Å². The fourth-order valence-electron chi connectivity index (χ4n) is 6.07. The summed E-state index contributed by atoms with van der Waals surface area (Å²) in [6.07, 6.45) is -2.38. The van der Waals surface area contributed by atoms with Crippen LogP contribution in [-0.4, -0.2) is 41.4 Å². The molecule has 204 valence electrons. The Morgan fingerprint density at radius 1 is 0.875 bits per heavy atom. The molecular weight excluding hydrogens is 517 g/mol. The molecule has 40 heavy (non-hydrogen) atoms. The van der Waals surface area contributed by atoms with Gasteiger partial charge in [-0.1, -0.05) is 54.6 Å². The van der Waals surface area contributed by atoms with Crippen molar-refractivity contribution in [2.75, 3.05) is 0 Å². The summed E-state index contributed by atoms with van der Waals surface area (Å²) in [5.41, 5.74) is 10.7. The summed E-state index contributed by atoms with van der Waals surface area (Å²) < 4.78 is 40.5. The first kappa shape index (κ1) is 25.1. The number of aromatic nitrogens is 5. The van der Waals surface area contributed by atoms with Crippen molar-refractivity contribution in [2.45, 2.75) is 55.8 Å². The quantitative estimate of drug-likeness (QED) is 0.289. The molecule has 0 amide bonds. The van der Waals surface area contributed by atoms with Crippen molar-refractivity contribution in [1.82, 2.24) is 24.6 Å². The molecule has 3 N–H and O–H groups in total. The third-order valence-corrected chi connectivity index (χ3v) is 8.25. The topological polar surface area (TPSA) is 102 Å². The van der Waals surface area contributed by atoms with E-state index in [0.717, 1.165) is 29.5 Å². The number of aryl methyl sites for hydroxylation is 1. The second-order valence-electron chi connectivity index (χ2n) is 11.2. The average molecular weight is 545 g/mol. The van der Waals surface area contributed by atoms with Gasteiger partial charge >= 0.3 is 6.18 Å². The Balaban J connectivity index is 1.32. The highest BCUT2D eigenvalue weighted by molar-refractivity contribution is 5.86. The van der Waals surface area contributed by atoms with E-state index in [1.807, 2.05) is 54.6 Å². The molecule has 2 saturated carbocycles. The van der Waals surface area contributed by atoms with E-state index in [2.05, 4.69) is 10.2 Å². The normalized spacial score (nSPS) is 23.0. The van der Waals surface area contributed by atoms with Crippen molar-refractivity contribution in [2.24, 2.45) is 11.7 Å². The van der Waals surface area contributed by atoms with Crippen LogP contribution in [0.2, 0.25) is 0 Å². The summed E-state index contributed by atoms with van der Waals surface area (Å²) in [7, 11) is 0. The van der Waals surface area contributed by atoms with Gasteiger partial charge in [-0.15, -0.1) is 10.2 Å². The molecule has 0 radical (unpaired) electrons. The van der Waals surface area contributed by atoms with Crippen molar-refractivity contribution in [3.8, 4) is 22.5 Å². The molecule has 7 nitrogen and oxygen atoms in total. The van der Waals surface area contributed by atoms with Crippen LogP contribution >= 0.6 is 0 Å². The highest BCUT2D eigenvalue weighted by Gasteiger charge is 2.58. The average Bonchev–Trinajstić information content (AvgIpc) is 3.71. The van der Waals surface area contributed by atoms with Crippen molar-refractivity contribution in [3.63, 3.8) is 0 Å². The highest BCUT2D eigenvalue weighted by Crippen LogP contribution is 2.57. The minimum absolute atomic E-state index is 0.184. The summed E-state index contributed by atoms with van der Waals surface area (Å²) in [5.74, 6) is 0.555. The number of nitrogens with two attached hydrogens (primary N) is 1. The Hall–Kier alpha value is -3.89. The van der Waals surface area contributed by atoms with Crippen LogP contribution in [0.1, 0.15) is 43.5 Å². The molecule has 3 aromatic heterocycles. The molecular formula is C30H27F3N6O. The van der Waals surface area contributed by atoms with Crippen LogP contribution in [0.5, 0.6) is 0 Å². The van der Waals surface area contributed by atoms with Crippen LogP contribution in [-0.2, 0) is 12.0 Å². The minimum atomic E-state index is -4.31. The SMILES string of the molecule is N[C@]1(c2ccc(-c3nc4ccc5nnc(CCC(F)(F)F)n5c4nc3-c3ccccc3)cc2)C[C@](O)(C2CC2)C1. The lowest BCUT2D eigenvalue weighted by molar-refractivity contribution is -0.134. The van der Waals surface area contributed by atoms with E-state index in [1.54, 1.807) is 16.5 Å². The van der Waals surface area contributed by atoms with Gasteiger partial charge in [-0.2, -0.15) is 13.2 Å². The number of fused-ring (bicyclic) bond motifs is 3. The molecule has 0 aliphatic heterocycles. The van der Waals surface area contributed by atoms with Crippen molar-refractivity contribution < 1.29 is 18.3 Å². The van der Waals surface area contributed by atoms with Crippen LogP contribution in [0, 0.1) is 5.92 Å². The molecule has 2 aromatic carbocycles. The number of rotatable bonds is 6. The molecule has 0 atom stereocenters. The maximum Gasteiger partial charge on any atom is 0.389 e. The monoisotopic (exact) mass is 544 g/mol. The molecule has 0 saturated heterocycles. The molecule has 10 heteroatoms. The molecule has 2 fully saturated rings. The smallest absolute Gasteiger partial charge is 0.389 e. The number of benzene rings is 2. The van der Waals surface area contributed by atoms with Gasteiger partial charge in [0.1, 0.15) is 11.3 Å². The van der Waals surface area contributed by atoms with E-state index >= 15 is 0 Å². The Morgan fingerprint density at radius 2 is 1.55 bits per heavy atom. The summed E-state index contributed by atoms with van der Waals surface area (Å²) >= 11 is 0. The summed E-state index contributed by atoms with van der Waals surface area (Å²) in [4.78, 5) is 9.90. The number of pyridine rings is 1. The molecule has 7 rings (SSSR count). The zero-order valence-electron chi connectivity index (χ0n) is 21.6. The van der Waals surface area contributed by atoms with Crippen molar-refractivity contribution >= 4 is 16.8 Å². The maximum absolute atomic E-state index is 13.0. The van der Waals surface area contributed by atoms with E-state index in [1.165, 1.54) is 0 Å². The number of aliphatic hydroxyl groups is 1. The van der Waals surface area contributed by atoms with E-state index < -0.39 is 23.7 Å². The second-order valence-corrected chi connectivity index (χ2v) is 11.2. The third-order valence-electron chi connectivity index (χ3n) is 8.25. The lowest BCUT2D eigenvalue weighted by atomic mass is 9.60. The van der Waals surface area contributed by atoms with Gasteiger partial charge in [-0.25, -0.2) is 9.97 Å². The predicted molar refractivity (Wildman–Crippen MR) is 144 cm³/mol. The van der Waals surface area contributed by atoms with Gasteiger partial charge in [0.15, 0.2) is 11.3 Å². The number of hydrogen-bond donors (Lipinski definition) is 2. The molecule has 5 aromatic rings. The van der Waals surface area contributed by atoms with Gasteiger partial charge in [0.2, 0.25) is 0 Å². The lowest BCUT2D eigenvalue weighted by Gasteiger charge is -2.52. The Kier molecular flexibility index (Phi) is 5.53. The first-order chi connectivity index (χ1) is 19.1. The summed E-state index contributed by atoms with van der Waals surface area (Å²) in [6, 6.07) is 20.9. The van der Waals surface area contributed by atoms with Crippen LogP contribution in [0.25, 0.3) is 39.3 Å². The Morgan fingerprint density at radius 3 is 2.23 bits per heavy atom. The predicted octanol–water partition coefficient (Wildman–Crippen LogP) is 5.59.